The molecule has 3 atom stereocenters. The van der Waals surface area contributed by atoms with E-state index in [-0.39, 0.29) is 5.25 Å². The van der Waals surface area contributed by atoms with Crippen LogP contribution in [0.5, 0.6) is 5.75 Å². The highest BCUT2D eigenvalue weighted by atomic mass is 32.2. The Morgan fingerprint density at radius 3 is 2.95 bits per heavy atom. The maximum atomic E-state index is 11.4. The van der Waals surface area contributed by atoms with Crippen LogP contribution < -0.4 is 10.1 Å². The number of rotatable bonds is 5. The van der Waals surface area contributed by atoms with E-state index in [9.17, 15) is 4.21 Å². The molecule has 1 aliphatic carbocycles. The summed E-state index contributed by atoms with van der Waals surface area (Å²) in [5.74, 6) is 0.933. The molecule has 4 heteroatoms. The summed E-state index contributed by atoms with van der Waals surface area (Å²) in [6, 6.07) is 6.85. The lowest BCUT2D eigenvalue weighted by Gasteiger charge is -2.27. The van der Waals surface area contributed by atoms with Gasteiger partial charge < -0.3 is 10.1 Å². The average molecular weight is 281 g/mol. The molecule has 0 aromatic heterocycles. The van der Waals surface area contributed by atoms with Crippen molar-refractivity contribution >= 4 is 10.8 Å². The number of fused-ring (bicyclic) bond motifs is 1. The zero-order valence-electron chi connectivity index (χ0n) is 11.9. The van der Waals surface area contributed by atoms with E-state index in [4.69, 9.17) is 4.74 Å². The second-order valence-electron chi connectivity index (χ2n) is 5.29. The van der Waals surface area contributed by atoms with Crippen molar-refractivity contribution in [3.05, 3.63) is 29.3 Å². The highest BCUT2D eigenvalue weighted by molar-refractivity contribution is 7.84. The van der Waals surface area contributed by atoms with Crippen LogP contribution in [0, 0.1) is 0 Å². The van der Waals surface area contributed by atoms with Gasteiger partial charge in [-0.05, 0) is 49.4 Å². The van der Waals surface area contributed by atoms with Gasteiger partial charge in [-0.25, -0.2) is 0 Å². The topological polar surface area (TPSA) is 38.3 Å². The summed E-state index contributed by atoms with van der Waals surface area (Å²) in [5, 5.41) is 3.76. The quantitative estimate of drug-likeness (QED) is 0.896. The second-order valence-corrected chi connectivity index (χ2v) is 7.09. The first-order chi connectivity index (χ1) is 9.10. The van der Waals surface area contributed by atoms with Crippen molar-refractivity contribution in [3.8, 4) is 5.75 Å². The van der Waals surface area contributed by atoms with E-state index >= 15 is 0 Å². The fraction of sp³-hybridized carbons (Fsp3) is 0.600. The van der Waals surface area contributed by atoms with E-state index in [1.807, 2.05) is 13.0 Å². The normalized spacial score (nSPS) is 21.5. The van der Waals surface area contributed by atoms with E-state index in [0.717, 1.165) is 31.6 Å². The summed E-state index contributed by atoms with van der Waals surface area (Å²) in [7, 11) is 0.959. The number of ether oxygens (including phenoxy) is 1. The van der Waals surface area contributed by atoms with Gasteiger partial charge in [-0.15, -0.1) is 0 Å². The third-order valence-corrected chi connectivity index (χ3v) is 5.20. The Balaban J connectivity index is 1.95. The molecule has 0 saturated heterocycles. The van der Waals surface area contributed by atoms with Crippen molar-refractivity contribution < 1.29 is 8.95 Å². The van der Waals surface area contributed by atoms with Gasteiger partial charge in [0.25, 0.3) is 0 Å². The van der Waals surface area contributed by atoms with Gasteiger partial charge in [-0.1, -0.05) is 6.07 Å². The maximum Gasteiger partial charge on any atom is 0.119 e. The third kappa shape index (κ3) is 3.80. The first-order valence-corrected chi connectivity index (χ1v) is 8.43. The molecule has 0 unspecified atom stereocenters. The van der Waals surface area contributed by atoms with Crippen LogP contribution in [-0.4, -0.2) is 35.4 Å². The van der Waals surface area contributed by atoms with Crippen molar-refractivity contribution in [2.75, 3.05) is 19.9 Å². The minimum atomic E-state index is -0.747. The lowest BCUT2D eigenvalue weighted by atomic mass is 9.88. The van der Waals surface area contributed by atoms with Gasteiger partial charge in [-0.3, -0.25) is 4.21 Å². The summed E-state index contributed by atoms with van der Waals surface area (Å²) in [5.41, 5.74) is 2.82. The largest absolute Gasteiger partial charge is 0.497 e. The Kier molecular flexibility index (Phi) is 4.99. The molecule has 0 aliphatic heterocycles. The van der Waals surface area contributed by atoms with E-state index in [1.54, 1.807) is 13.4 Å². The smallest absolute Gasteiger partial charge is 0.119 e. The summed E-state index contributed by atoms with van der Waals surface area (Å²) in [6.45, 7) is 2.86. The zero-order valence-corrected chi connectivity index (χ0v) is 12.8. The van der Waals surface area contributed by atoms with Crippen molar-refractivity contribution in [2.24, 2.45) is 0 Å². The number of benzene rings is 1. The van der Waals surface area contributed by atoms with Crippen LogP contribution in [0.4, 0.5) is 0 Å². The molecule has 1 aromatic rings. The molecule has 19 heavy (non-hydrogen) atoms. The molecule has 2 rings (SSSR count). The van der Waals surface area contributed by atoms with Gasteiger partial charge in [0, 0.05) is 34.9 Å². The molecule has 0 spiro atoms. The van der Waals surface area contributed by atoms with Crippen LogP contribution >= 0.6 is 0 Å². The molecule has 0 heterocycles. The average Bonchev–Trinajstić information content (AvgIpc) is 2.43. The van der Waals surface area contributed by atoms with Crippen LogP contribution in [0.1, 0.15) is 24.5 Å². The van der Waals surface area contributed by atoms with Crippen LogP contribution in [-0.2, 0) is 23.6 Å². The van der Waals surface area contributed by atoms with Crippen molar-refractivity contribution in [2.45, 2.75) is 37.5 Å². The standard InChI is InChI=1S/C15H23NO2S/c1-11(19(3)17)10-16-14-6-4-12-5-7-15(18-2)9-13(12)8-14/h5,7,9,11,14,16H,4,6,8,10H2,1-3H3/t11-,14+,19+/m1/s1. The van der Waals surface area contributed by atoms with Gasteiger partial charge in [0.05, 0.1) is 7.11 Å². The first-order valence-electron chi connectivity index (χ1n) is 6.81. The Labute approximate surface area is 118 Å². The van der Waals surface area contributed by atoms with Crippen LogP contribution in [0.25, 0.3) is 0 Å². The molecule has 0 saturated carbocycles. The molecule has 1 aliphatic rings. The Bertz CT molecular complexity index is 461. The molecule has 0 fully saturated rings. The highest BCUT2D eigenvalue weighted by Crippen LogP contribution is 2.25. The zero-order chi connectivity index (χ0) is 13.8. The predicted octanol–water partition coefficient (Wildman–Crippen LogP) is 1.91. The van der Waals surface area contributed by atoms with Gasteiger partial charge >= 0.3 is 0 Å². The van der Waals surface area contributed by atoms with Crippen LogP contribution in [0.15, 0.2) is 18.2 Å². The highest BCUT2D eigenvalue weighted by Gasteiger charge is 2.19. The molecule has 0 amide bonds. The molecule has 1 aromatic carbocycles. The van der Waals surface area contributed by atoms with Gasteiger partial charge in [0.15, 0.2) is 0 Å². The Morgan fingerprint density at radius 1 is 1.47 bits per heavy atom. The SMILES string of the molecule is COc1ccc2c(c1)C[C@@H](NC[C@@H](C)[S@](C)=O)CC2. The van der Waals surface area contributed by atoms with Gasteiger partial charge in [-0.2, -0.15) is 0 Å². The summed E-state index contributed by atoms with van der Waals surface area (Å²) in [4.78, 5) is 0. The second kappa shape index (κ2) is 6.53. The molecule has 106 valence electrons. The lowest BCUT2D eigenvalue weighted by Crippen LogP contribution is -2.39. The Hall–Kier alpha value is -0.870. The summed E-state index contributed by atoms with van der Waals surface area (Å²) >= 11 is 0. The van der Waals surface area contributed by atoms with E-state index < -0.39 is 10.8 Å². The van der Waals surface area contributed by atoms with E-state index in [0.29, 0.717) is 6.04 Å². The monoisotopic (exact) mass is 281 g/mol. The number of methoxy groups -OCH3 is 1. The minimum Gasteiger partial charge on any atom is -0.497 e. The molecular formula is C15H23NO2S. The van der Waals surface area contributed by atoms with Crippen LogP contribution in [0.3, 0.4) is 0 Å². The number of aryl methyl sites for hydroxylation is 1. The van der Waals surface area contributed by atoms with E-state index in [1.165, 1.54) is 11.1 Å². The van der Waals surface area contributed by atoms with Crippen molar-refractivity contribution in [3.63, 3.8) is 0 Å². The fourth-order valence-electron chi connectivity index (χ4n) is 2.48. The molecule has 0 bridgehead atoms. The van der Waals surface area contributed by atoms with Crippen molar-refractivity contribution in [1.82, 2.24) is 5.32 Å². The molecule has 3 nitrogen and oxygen atoms in total. The van der Waals surface area contributed by atoms with Gasteiger partial charge in [0.2, 0.25) is 0 Å². The number of nitrogens with one attached hydrogen (secondary N) is 1. The predicted molar refractivity (Wildman–Crippen MR) is 80.3 cm³/mol. The lowest BCUT2D eigenvalue weighted by molar-refractivity contribution is 0.411. The summed E-state index contributed by atoms with van der Waals surface area (Å²) < 4.78 is 16.6. The number of hydrogen-bond acceptors (Lipinski definition) is 3. The number of hydrogen-bond donors (Lipinski definition) is 1. The summed E-state index contributed by atoms with van der Waals surface area (Å²) in [6.07, 6.45) is 5.08. The van der Waals surface area contributed by atoms with Gasteiger partial charge in [0.1, 0.15) is 5.75 Å². The first kappa shape index (κ1) is 14.5. The third-order valence-electron chi connectivity index (χ3n) is 3.90. The van der Waals surface area contributed by atoms with Crippen molar-refractivity contribution in [1.29, 1.82) is 0 Å². The minimum absolute atomic E-state index is 0.215. The van der Waals surface area contributed by atoms with E-state index in [2.05, 4.69) is 17.4 Å². The van der Waals surface area contributed by atoms with Crippen LogP contribution in [0.2, 0.25) is 0 Å². The maximum absolute atomic E-state index is 11.4. The Morgan fingerprint density at radius 2 is 2.26 bits per heavy atom. The molecular weight excluding hydrogens is 258 g/mol. The fourth-order valence-corrected chi connectivity index (χ4v) is 2.82. The molecule has 0 radical (unpaired) electrons. The molecule has 1 N–H and O–H groups in total.